The van der Waals surface area contributed by atoms with E-state index in [1.165, 1.54) is 10.7 Å². The standard InChI is InChI=1S/C13H13F2N3O/c1-8(2)6-18-13(12(7-19)16-17-18)9-3-4-10(14)11(15)5-9/h3-5,7-8H,6H2,1-2H3. The zero-order valence-electron chi connectivity index (χ0n) is 10.6. The number of rotatable bonds is 4. The van der Waals surface area contributed by atoms with Gasteiger partial charge in [0, 0.05) is 12.1 Å². The van der Waals surface area contributed by atoms with Gasteiger partial charge in [0.2, 0.25) is 0 Å². The SMILES string of the molecule is CC(C)Cn1nnc(C=O)c1-c1ccc(F)c(F)c1. The van der Waals surface area contributed by atoms with Crippen molar-refractivity contribution >= 4 is 6.29 Å². The van der Waals surface area contributed by atoms with Gasteiger partial charge in [-0.25, -0.2) is 13.5 Å². The van der Waals surface area contributed by atoms with Crippen LogP contribution in [0, 0.1) is 17.6 Å². The van der Waals surface area contributed by atoms with E-state index in [1.54, 1.807) is 0 Å². The van der Waals surface area contributed by atoms with Crippen LogP contribution in [0.15, 0.2) is 18.2 Å². The van der Waals surface area contributed by atoms with Gasteiger partial charge in [-0.1, -0.05) is 19.1 Å². The van der Waals surface area contributed by atoms with Crippen molar-refractivity contribution in [3.8, 4) is 11.3 Å². The Labute approximate surface area is 109 Å². The summed E-state index contributed by atoms with van der Waals surface area (Å²) in [5.41, 5.74) is 0.904. The van der Waals surface area contributed by atoms with Gasteiger partial charge in [-0.15, -0.1) is 5.10 Å². The molecule has 0 spiro atoms. The molecule has 0 fully saturated rings. The van der Waals surface area contributed by atoms with Gasteiger partial charge in [-0.3, -0.25) is 4.79 Å². The Kier molecular flexibility index (Phi) is 3.69. The molecular formula is C13H13F2N3O. The number of hydrogen-bond acceptors (Lipinski definition) is 3. The second-order valence-corrected chi connectivity index (χ2v) is 4.65. The number of hydrogen-bond donors (Lipinski definition) is 0. The highest BCUT2D eigenvalue weighted by Gasteiger charge is 2.16. The smallest absolute Gasteiger partial charge is 0.172 e. The minimum absolute atomic E-state index is 0.117. The van der Waals surface area contributed by atoms with Crippen LogP contribution in [0.4, 0.5) is 8.78 Å². The summed E-state index contributed by atoms with van der Waals surface area (Å²) < 4.78 is 27.8. The monoisotopic (exact) mass is 265 g/mol. The summed E-state index contributed by atoms with van der Waals surface area (Å²) in [4.78, 5) is 11.0. The molecule has 0 unspecified atom stereocenters. The third-order valence-corrected chi connectivity index (χ3v) is 2.60. The van der Waals surface area contributed by atoms with Gasteiger partial charge >= 0.3 is 0 Å². The average Bonchev–Trinajstić information content (AvgIpc) is 2.74. The molecule has 0 amide bonds. The first-order valence-corrected chi connectivity index (χ1v) is 5.87. The molecule has 0 radical (unpaired) electrons. The molecule has 0 aliphatic heterocycles. The summed E-state index contributed by atoms with van der Waals surface area (Å²) in [6, 6.07) is 3.46. The minimum atomic E-state index is -0.966. The van der Waals surface area contributed by atoms with Crippen LogP contribution in [0.1, 0.15) is 24.3 Å². The van der Waals surface area contributed by atoms with Gasteiger partial charge in [0.15, 0.2) is 23.6 Å². The van der Waals surface area contributed by atoms with E-state index in [0.717, 1.165) is 12.1 Å². The Bertz CT molecular complexity index is 608. The first kappa shape index (κ1) is 13.3. The lowest BCUT2D eigenvalue weighted by Crippen LogP contribution is -2.08. The molecule has 2 rings (SSSR count). The van der Waals surface area contributed by atoms with Gasteiger partial charge in [0.05, 0.1) is 5.69 Å². The summed E-state index contributed by atoms with van der Waals surface area (Å²) in [6.45, 7) is 4.50. The van der Waals surface area contributed by atoms with Crippen LogP contribution in [-0.2, 0) is 6.54 Å². The van der Waals surface area contributed by atoms with Gasteiger partial charge in [0.25, 0.3) is 0 Å². The van der Waals surface area contributed by atoms with Crippen LogP contribution in [0.2, 0.25) is 0 Å². The van der Waals surface area contributed by atoms with Crippen molar-refractivity contribution in [2.24, 2.45) is 5.92 Å². The molecule has 0 saturated carbocycles. The summed E-state index contributed by atoms with van der Waals surface area (Å²) in [7, 11) is 0. The molecule has 1 heterocycles. The lowest BCUT2D eigenvalue weighted by Gasteiger charge is -2.09. The number of nitrogens with zero attached hydrogens (tertiary/aromatic N) is 3. The van der Waals surface area contributed by atoms with E-state index < -0.39 is 11.6 Å². The topological polar surface area (TPSA) is 47.8 Å². The molecule has 0 bridgehead atoms. The minimum Gasteiger partial charge on any atom is -0.296 e. The maximum Gasteiger partial charge on any atom is 0.172 e. The number of halogens is 2. The third kappa shape index (κ3) is 2.67. The Balaban J connectivity index is 2.55. The Hall–Kier alpha value is -2.11. The second kappa shape index (κ2) is 5.26. The van der Waals surface area contributed by atoms with Crippen LogP contribution < -0.4 is 0 Å². The highest BCUT2D eigenvalue weighted by atomic mass is 19.2. The molecule has 1 aromatic carbocycles. The molecule has 1 aromatic heterocycles. The number of carbonyl (C=O) groups is 1. The van der Waals surface area contributed by atoms with Crippen molar-refractivity contribution in [2.45, 2.75) is 20.4 Å². The highest BCUT2D eigenvalue weighted by Crippen LogP contribution is 2.24. The van der Waals surface area contributed by atoms with Crippen molar-refractivity contribution < 1.29 is 13.6 Å². The predicted octanol–water partition coefficient (Wildman–Crippen LogP) is 2.69. The highest BCUT2D eigenvalue weighted by molar-refractivity contribution is 5.83. The van der Waals surface area contributed by atoms with Crippen molar-refractivity contribution in [1.82, 2.24) is 15.0 Å². The van der Waals surface area contributed by atoms with Crippen LogP contribution in [0.3, 0.4) is 0 Å². The number of carbonyl (C=O) groups excluding carboxylic acids is 1. The molecule has 100 valence electrons. The third-order valence-electron chi connectivity index (χ3n) is 2.60. The predicted molar refractivity (Wildman–Crippen MR) is 65.6 cm³/mol. The molecule has 2 aromatic rings. The van der Waals surface area contributed by atoms with Crippen molar-refractivity contribution in [3.05, 3.63) is 35.5 Å². The molecule has 0 saturated heterocycles. The zero-order chi connectivity index (χ0) is 14.0. The quantitative estimate of drug-likeness (QED) is 0.798. The van der Waals surface area contributed by atoms with E-state index >= 15 is 0 Å². The Morgan fingerprint density at radius 1 is 1.32 bits per heavy atom. The van der Waals surface area contributed by atoms with Crippen molar-refractivity contribution in [1.29, 1.82) is 0 Å². The Morgan fingerprint density at radius 3 is 2.63 bits per heavy atom. The fraction of sp³-hybridized carbons (Fsp3) is 0.308. The van der Waals surface area contributed by atoms with Crippen LogP contribution in [0.25, 0.3) is 11.3 Å². The normalized spacial score (nSPS) is 11.0. The van der Waals surface area contributed by atoms with Gasteiger partial charge < -0.3 is 0 Å². The van der Waals surface area contributed by atoms with E-state index in [0.29, 0.717) is 24.1 Å². The summed E-state index contributed by atoms with van der Waals surface area (Å²) in [6.07, 6.45) is 0.556. The number of aromatic nitrogens is 3. The van der Waals surface area contributed by atoms with Gasteiger partial charge in [-0.2, -0.15) is 0 Å². The maximum atomic E-state index is 13.3. The molecule has 19 heavy (non-hydrogen) atoms. The van der Waals surface area contributed by atoms with E-state index in [9.17, 15) is 13.6 Å². The van der Waals surface area contributed by atoms with Crippen molar-refractivity contribution in [2.75, 3.05) is 0 Å². The van der Waals surface area contributed by atoms with Gasteiger partial charge in [0.1, 0.15) is 0 Å². The fourth-order valence-electron chi connectivity index (χ4n) is 1.82. The summed E-state index contributed by atoms with van der Waals surface area (Å²) in [5, 5.41) is 7.62. The number of benzene rings is 1. The fourth-order valence-corrected chi connectivity index (χ4v) is 1.82. The summed E-state index contributed by atoms with van der Waals surface area (Å²) >= 11 is 0. The molecule has 0 aliphatic carbocycles. The zero-order valence-corrected chi connectivity index (χ0v) is 10.6. The van der Waals surface area contributed by atoms with Crippen molar-refractivity contribution in [3.63, 3.8) is 0 Å². The van der Waals surface area contributed by atoms with Crippen LogP contribution in [0.5, 0.6) is 0 Å². The summed E-state index contributed by atoms with van der Waals surface area (Å²) in [5.74, 6) is -1.61. The van der Waals surface area contributed by atoms with E-state index in [4.69, 9.17) is 0 Å². The molecule has 4 nitrogen and oxygen atoms in total. The lowest BCUT2D eigenvalue weighted by molar-refractivity contribution is 0.111. The van der Waals surface area contributed by atoms with E-state index in [2.05, 4.69) is 10.3 Å². The van der Waals surface area contributed by atoms with E-state index in [-0.39, 0.29) is 11.6 Å². The lowest BCUT2D eigenvalue weighted by atomic mass is 10.1. The first-order valence-electron chi connectivity index (χ1n) is 5.87. The first-order chi connectivity index (χ1) is 9.02. The Morgan fingerprint density at radius 2 is 2.05 bits per heavy atom. The largest absolute Gasteiger partial charge is 0.296 e. The van der Waals surface area contributed by atoms with Crippen LogP contribution >= 0.6 is 0 Å². The molecule has 0 aliphatic rings. The van der Waals surface area contributed by atoms with Gasteiger partial charge in [-0.05, 0) is 24.1 Å². The molecule has 0 N–H and O–H groups in total. The molecule has 6 heteroatoms. The second-order valence-electron chi connectivity index (χ2n) is 4.65. The molecule has 0 atom stereocenters. The van der Waals surface area contributed by atoms with E-state index in [1.807, 2.05) is 13.8 Å². The number of aldehydes is 1. The molecular weight excluding hydrogens is 252 g/mol. The average molecular weight is 265 g/mol. The van der Waals surface area contributed by atoms with Crippen LogP contribution in [-0.4, -0.2) is 21.3 Å². The maximum absolute atomic E-state index is 13.3.